The Kier molecular flexibility index (Phi) is 7.53. The smallest absolute Gasteiger partial charge is 0.322 e. The van der Waals surface area contributed by atoms with Crippen LogP contribution in [0.4, 0.5) is 0 Å². The van der Waals surface area contributed by atoms with E-state index in [0.29, 0.717) is 18.1 Å². The lowest BCUT2D eigenvalue weighted by Gasteiger charge is -2.10. The third-order valence-corrected chi connectivity index (χ3v) is 2.78. The quantitative estimate of drug-likeness (QED) is 0.539. The lowest BCUT2D eigenvalue weighted by Crippen LogP contribution is -2.27. The van der Waals surface area contributed by atoms with Crippen LogP contribution in [0, 0.1) is 0 Å². The molecule has 0 atom stereocenters. The van der Waals surface area contributed by atoms with Gasteiger partial charge in [0.1, 0.15) is 6.54 Å². The van der Waals surface area contributed by atoms with Crippen molar-refractivity contribution in [3.05, 3.63) is 29.8 Å². The van der Waals surface area contributed by atoms with Gasteiger partial charge >= 0.3 is 5.97 Å². The standard InChI is InChI=1S/C16H21NO5/c1-3-4-9-22-13-7-5-12(10-14(13)21-2)6-8-15(18)17-11-16(19)20/h5-8,10H,3-4,9,11H2,1-2H3,(H,17,18)(H,19,20). The summed E-state index contributed by atoms with van der Waals surface area (Å²) in [5, 5.41) is 10.7. The molecule has 1 aromatic carbocycles. The molecule has 2 N–H and O–H groups in total. The summed E-state index contributed by atoms with van der Waals surface area (Å²) in [5.74, 6) is -0.311. The maximum atomic E-state index is 11.4. The number of aliphatic carboxylic acids is 1. The second-order valence-electron chi connectivity index (χ2n) is 4.56. The van der Waals surface area contributed by atoms with E-state index in [4.69, 9.17) is 14.6 Å². The van der Waals surface area contributed by atoms with Crippen LogP contribution in [0.5, 0.6) is 11.5 Å². The van der Waals surface area contributed by atoms with Crippen LogP contribution in [-0.2, 0) is 9.59 Å². The van der Waals surface area contributed by atoms with E-state index >= 15 is 0 Å². The number of methoxy groups -OCH3 is 1. The van der Waals surface area contributed by atoms with Crippen molar-refractivity contribution in [1.29, 1.82) is 0 Å². The van der Waals surface area contributed by atoms with E-state index in [-0.39, 0.29) is 0 Å². The van der Waals surface area contributed by atoms with Gasteiger partial charge in [-0.1, -0.05) is 19.4 Å². The molecule has 6 nitrogen and oxygen atoms in total. The van der Waals surface area contributed by atoms with E-state index in [1.807, 2.05) is 0 Å². The summed E-state index contributed by atoms with van der Waals surface area (Å²) >= 11 is 0. The Labute approximate surface area is 129 Å². The zero-order chi connectivity index (χ0) is 16.4. The zero-order valence-corrected chi connectivity index (χ0v) is 12.8. The van der Waals surface area contributed by atoms with Crippen molar-refractivity contribution in [2.45, 2.75) is 19.8 Å². The molecule has 1 aromatic rings. The van der Waals surface area contributed by atoms with Gasteiger partial charge in [-0.05, 0) is 30.2 Å². The molecule has 0 radical (unpaired) electrons. The Morgan fingerprint density at radius 3 is 2.73 bits per heavy atom. The van der Waals surface area contributed by atoms with Crippen molar-refractivity contribution >= 4 is 18.0 Å². The predicted octanol–water partition coefficient (Wildman–Crippen LogP) is 2.09. The molecular formula is C16H21NO5. The number of rotatable bonds is 9. The summed E-state index contributed by atoms with van der Waals surface area (Å²) < 4.78 is 10.9. The third kappa shape index (κ3) is 6.30. The van der Waals surface area contributed by atoms with Crippen molar-refractivity contribution in [2.24, 2.45) is 0 Å². The monoisotopic (exact) mass is 307 g/mol. The molecular weight excluding hydrogens is 286 g/mol. The van der Waals surface area contributed by atoms with Gasteiger partial charge in [-0.15, -0.1) is 0 Å². The Morgan fingerprint density at radius 2 is 2.09 bits per heavy atom. The highest BCUT2D eigenvalue weighted by Gasteiger charge is 2.05. The molecule has 6 heteroatoms. The first-order valence-corrected chi connectivity index (χ1v) is 7.05. The van der Waals surface area contributed by atoms with Crippen LogP contribution >= 0.6 is 0 Å². The van der Waals surface area contributed by atoms with Gasteiger partial charge in [-0.25, -0.2) is 0 Å². The van der Waals surface area contributed by atoms with Gasteiger partial charge in [0.2, 0.25) is 5.91 Å². The van der Waals surface area contributed by atoms with Gasteiger partial charge in [0.25, 0.3) is 0 Å². The van der Waals surface area contributed by atoms with E-state index in [9.17, 15) is 9.59 Å². The SMILES string of the molecule is CCCCOc1ccc(C=CC(=O)NCC(=O)O)cc1OC. The lowest BCUT2D eigenvalue weighted by atomic mass is 10.2. The van der Waals surface area contributed by atoms with Crippen LogP contribution < -0.4 is 14.8 Å². The van der Waals surface area contributed by atoms with E-state index in [1.165, 1.54) is 6.08 Å². The molecule has 0 heterocycles. The topological polar surface area (TPSA) is 84.9 Å². The minimum atomic E-state index is -1.09. The molecule has 0 bridgehead atoms. The number of carbonyl (C=O) groups excluding carboxylic acids is 1. The fourth-order valence-corrected chi connectivity index (χ4v) is 1.63. The molecule has 22 heavy (non-hydrogen) atoms. The highest BCUT2D eigenvalue weighted by atomic mass is 16.5. The molecule has 120 valence electrons. The average Bonchev–Trinajstić information content (AvgIpc) is 2.51. The average molecular weight is 307 g/mol. The molecule has 0 saturated carbocycles. The van der Waals surface area contributed by atoms with Gasteiger partial charge < -0.3 is 19.9 Å². The number of ether oxygens (including phenoxy) is 2. The molecule has 0 spiro atoms. The fourth-order valence-electron chi connectivity index (χ4n) is 1.63. The predicted molar refractivity (Wildman–Crippen MR) is 83.1 cm³/mol. The summed E-state index contributed by atoms with van der Waals surface area (Å²) in [5.41, 5.74) is 0.755. The second-order valence-corrected chi connectivity index (χ2v) is 4.56. The van der Waals surface area contributed by atoms with Crippen LogP contribution in [0.1, 0.15) is 25.3 Å². The van der Waals surface area contributed by atoms with E-state index in [2.05, 4.69) is 12.2 Å². The zero-order valence-electron chi connectivity index (χ0n) is 12.8. The molecule has 0 aliphatic rings. The number of carbonyl (C=O) groups is 2. The highest BCUT2D eigenvalue weighted by molar-refractivity contribution is 5.93. The number of carboxylic acid groups (broad SMARTS) is 1. The number of benzene rings is 1. The van der Waals surface area contributed by atoms with Crippen molar-refractivity contribution in [2.75, 3.05) is 20.3 Å². The van der Waals surface area contributed by atoms with Crippen LogP contribution in [0.3, 0.4) is 0 Å². The Hall–Kier alpha value is -2.50. The maximum absolute atomic E-state index is 11.4. The van der Waals surface area contributed by atoms with Crippen molar-refractivity contribution in [1.82, 2.24) is 5.32 Å². The summed E-state index contributed by atoms with van der Waals surface area (Å²) in [6, 6.07) is 5.33. The van der Waals surface area contributed by atoms with E-state index < -0.39 is 18.4 Å². The molecule has 0 saturated heterocycles. The first-order valence-electron chi connectivity index (χ1n) is 7.05. The van der Waals surface area contributed by atoms with Crippen molar-refractivity contribution in [3.8, 4) is 11.5 Å². The molecule has 0 aliphatic heterocycles. The molecule has 1 rings (SSSR count). The van der Waals surface area contributed by atoms with Crippen LogP contribution in [0.25, 0.3) is 6.08 Å². The summed E-state index contributed by atoms with van der Waals surface area (Å²) in [6.45, 7) is 2.31. The number of amides is 1. The number of unbranched alkanes of at least 4 members (excludes halogenated alkanes) is 1. The molecule has 0 fully saturated rings. The van der Waals surface area contributed by atoms with E-state index in [0.717, 1.165) is 18.4 Å². The molecule has 0 aromatic heterocycles. The Bertz CT molecular complexity index is 539. The highest BCUT2D eigenvalue weighted by Crippen LogP contribution is 2.28. The number of nitrogens with one attached hydrogen (secondary N) is 1. The number of carboxylic acids is 1. The molecule has 0 aliphatic carbocycles. The van der Waals surface area contributed by atoms with Gasteiger partial charge in [-0.3, -0.25) is 9.59 Å². The second kappa shape index (κ2) is 9.44. The Morgan fingerprint density at radius 1 is 1.32 bits per heavy atom. The fraction of sp³-hybridized carbons (Fsp3) is 0.375. The third-order valence-electron chi connectivity index (χ3n) is 2.78. The maximum Gasteiger partial charge on any atom is 0.322 e. The summed E-state index contributed by atoms with van der Waals surface area (Å²) in [6.07, 6.45) is 4.87. The van der Waals surface area contributed by atoms with Gasteiger partial charge in [-0.2, -0.15) is 0 Å². The van der Waals surface area contributed by atoms with Crippen LogP contribution in [0.15, 0.2) is 24.3 Å². The van der Waals surface area contributed by atoms with E-state index in [1.54, 1.807) is 31.4 Å². The van der Waals surface area contributed by atoms with Crippen molar-refractivity contribution in [3.63, 3.8) is 0 Å². The first-order chi connectivity index (χ1) is 10.6. The summed E-state index contributed by atoms with van der Waals surface area (Å²) in [7, 11) is 1.55. The van der Waals surface area contributed by atoms with Crippen LogP contribution in [-0.4, -0.2) is 37.2 Å². The summed E-state index contributed by atoms with van der Waals surface area (Å²) in [4.78, 5) is 21.7. The number of hydrogen-bond acceptors (Lipinski definition) is 4. The normalized spacial score (nSPS) is 10.5. The Balaban J connectivity index is 2.68. The minimum Gasteiger partial charge on any atom is -0.493 e. The number of hydrogen-bond donors (Lipinski definition) is 2. The van der Waals surface area contributed by atoms with Crippen molar-refractivity contribution < 1.29 is 24.2 Å². The first kappa shape index (κ1) is 17.6. The van der Waals surface area contributed by atoms with Gasteiger partial charge in [0.15, 0.2) is 11.5 Å². The molecule has 1 amide bonds. The largest absolute Gasteiger partial charge is 0.493 e. The van der Waals surface area contributed by atoms with Gasteiger partial charge in [0.05, 0.1) is 13.7 Å². The van der Waals surface area contributed by atoms with Gasteiger partial charge in [0, 0.05) is 6.08 Å². The molecule has 0 unspecified atom stereocenters. The minimum absolute atomic E-state index is 0.406. The lowest BCUT2D eigenvalue weighted by molar-refractivity contribution is -0.137. The van der Waals surface area contributed by atoms with Crippen LogP contribution in [0.2, 0.25) is 0 Å².